The topological polar surface area (TPSA) is 224 Å². The lowest BCUT2D eigenvalue weighted by atomic mass is 9.86. The molecule has 0 bridgehead atoms. The van der Waals surface area contributed by atoms with E-state index in [4.69, 9.17) is 0 Å². The quantitative estimate of drug-likeness (QED) is 0.302. The monoisotopic (exact) mass is 442 g/mol. The predicted octanol–water partition coefficient (Wildman–Crippen LogP) is 2.18. The van der Waals surface area contributed by atoms with E-state index in [2.05, 4.69) is 0 Å². The van der Waals surface area contributed by atoms with Crippen molar-refractivity contribution in [3.63, 3.8) is 0 Å². The van der Waals surface area contributed by atoms with Crippen LogP contribution in [0.3, 0.4) is 0 Å². The highest BCUT2D eigenvalue weighted by molar-refractivity contribution is 6.26. The lowest BCUT2D eigenvalue weighted by Crippen LogP contribution is -2.20. The molecule has 3 aromatic rings. The van der Waals surface area contributed by atoms with E-state index < -0.39 is 80.0 Å². The number of rotatable bonds is 6. The Kier molecular flexibility index (Phi) is 4.99. The molecule has 0 amide bonds. The van der Waals surface area contributed by atoms with Gasteiger partial charge in [-0.05, 0) is 39.7 Å². The molecule has 32 heavy (non-hydrogen) atoms. The average molecular weight is 442 g/mol. The summed E-state index contributed by atoms with van der Waals surface area (Å²) in [5, 5.41) is 55.6. The van der Waals surface area contributed by atoms with Crippen molar-refractivity contribution in [1.82, 2.24) is 0 Å². The highest BCUT2D eigenvalue weighted by Gasteiger charge is 2.34. The molecule has 6 N–H and O–H groups in total. The van der Waals surface area contributed by atoms with Gasteiger partial charge in [-0.1, -0.05) is 6.07 Å². The minimum Gasteiger partial charge on any atom is -0.478 e. The number of carboxylic acid groups (broad SMARTS) is 6. The maximum Gasteiger partial charge on any atom is 0.337 e. The fraction of sp³-hybridized carbons (Fsp3) is 0. The predicted molar refractivity (Wildman–Crippen MR) is 103 cm³/mol. The SMILES string of the molecule is O=C(O)c1ccc2cc3c(C(=O)O)c(C(=O)O)c(C(=O)O)c(C(=O)O)c3cc2c1C(=O)O. The van der Waals surface area contributed by atoms with Gasteiger partial charge in [0, 0.05) is 0 Å². The van der Waals surface area contributed by atoms with Crippen LogP contribution in [-0.2, 0) is 0 Å². The molecular weight excluding hydrogens is 432 g/mol. The van der Waals surface area contributed by atoms with Crippen molar-refractivity contribution in [3.8, 4) is 0 Å². The van der Waals surface area contributed by atoms with Gasteiger partial charge in [0.05, 0.1) is 33.4 Å². The third kappa shape index (κ3) is 3.11. The van der Waals surface area contributed by atoms with Crippen LogP contribution >= 0.6 is 0 Å². The summed E-state index contributed by atoms with van der Waals surface area (Å²) < 4.78 is 0. The van der Waals surface area contributed by atoms with Crippen molar-refractivity contribution in [2.45, 2.75) is 0 Å². The molecule has 12 heteroatoms. The number of fused-ring (bicyclic) bond motifs is 2. The summed E-state index contributed by atoms with van der Waals surface area (Å²) >= 11 is 0. The second-order valence-corrected chi connectivity index (χ2v) is 6.44. The molecule has 0 aliphatic carbocycles. The van der Waals surface area contributed by atoms with Crippen LogP contribution in [0.4, 0.5) is 0 Å². The first-order valence-corrected chi connectivity index (χ1v) is 8.38. The fourth-order valence-corrected chi connectivity index (χ4v) is 3.59. The summed E-state index contributed by atoms with van der Waals surface area (Å²) in [7, 11) is 0. The summed E-state index contributed by atoms with van der Waals surface area (Å²) in [4.78, 5) is 70.5. The van der Waals surface area contributed by atoms with Crippen molar-refractivity contribution < 1.29 is 59.4 Å². The van der Waals surface area contributed by atoms with Crippen LogP contribution in [0.1, 0.15) is 62.1 Å². The minimum absolute atomic E-state index is 0.0434. The van der Waals surface area contributed by atoms with Crippen LogP contribution in [0, 0.1) is 0 Å². The van der Waals surface area contributed by atoms with E-state index in [0.29, 0.717) is 0 Å². The van der Waals surface area contributed by atoms with E-state index >= 15 is 0 Å². The van der Waals surface area contributed by atoms with Gasteiger partial charge in [0.2, 0.25) is 0 Å². The Balaban J connectivity index is 2.78. The summed E-state index contributed by atoms with van der Waals surface area (Å²) in [6, 6.07) is 3.86. The van der Waals surface area contributed by atoms with Gasteiger partial charge in [0.1, 0.15) is 0 Å². The second kappa shape index (κ2) is 7.36. The van der Waals surface area contributed by atoms with Gasteiger partial charge in [-0.25, -0.2) is 28.8 Å². The maximum atomic E-state index is 11.9. The Morgan fingerprint density at radius 2 is 0.844 bits per heavy atom. The Morgan fingerprint density at radius 3 is 1.22 bits per heavy atom. The summed E-state index contributed by atoms with van der Waals surface area (Å²) in [6.07, 6.45) is 0. The van der Waals surface area contributed by atoms with Gasteiger partial charge >= 0.3 is 35.8 Å². The number of carboxylic acids is 6. The smallest absolute Gasteiger partial charge is 0.337 e. The van der Waals surface area contributed by atoms with E-state index in [1.54, 1.807) is 0 Å². The van der Waals surface area contributed by atoms with E-state index in [-0.39, 0.29) is 10.8 Å². The summed E-state index contributed by atoms with van der Waals surface area (Å²) in [5.74, 6) is -11.1. The Morgan fingerprint density at radius 1 is 0.438 bits per heavy atom. The van der Waals surface area contributed by atoms with Crippen molar-refractivity contribution in [1.29, 1.82) is 0 Å². The van der Waals surface area contributed by atoms with E-state index in [1.165, 1.54) is 0 Å². The van der Waals surface area contributed by atoms with Gasteiger partial charge in [0.15, 0.2) is 0 Å². The van der Waals surface area contributed by atoms with Gasteiger partial charge in [-0.15, -0.1) is 0 Å². The Labute approximate surface area is 175 Å². The van der Waals surface area contributed by atoms with Gasteiger partial charge in [-0.2, -0.15) is 0 Å². The standard InChI is InChI=1S/C20H10O12/c21-15(22)6-2-1-5-3-8-9(4-7(5)10(6)16(23)24)12(18(27)28)14(20(31)32)13(19(29)30)11(8)17(25)26/h1-4H,(H,21,22)(H,23,24)(H,25,26)(H,27,28)(H,29,30)(H,31,32). The van der Waals surface area contributed by atoms with E-state index in [9.17, 15) is 59.4 Å². The van der Waals surface area contributed by atoms with Crippen molar-refractivity contribution in [2.24, 2.45) is 0 Å². The minimum atomic E-state index is -2.04. The molecule has 0 radical (unpaired) electrons. The molecule has 0 spiro atoms. The van der Waals surface area contributed by atoms with Crippen LogP contribution in [0.25, 0.3) is 21.5 Å². The van der Waals surface area contributed by atoms with Crippen LogP contribution in [0.2, 0.25) is 0 Å². The van der Waals surface area contributed by atoms with Crippen LogP contribution in [-0.4, -0.2) is 66.5 Å². The third-order valence-corrected chi connectivity index (χ3v) is 4.75. The zero-order chi connectivity index (χ0) is 24.1. The average Bonchev–Trinajstić information content (AvgIpc) is 2.68. The number of hydrogen-bond donors (Lipinski definition) is 6. The molecule has 0 saturated heterocycles. The fourth-order valence-electron chi connectivity index (χ4n) is 3.59. The van der Waals surface area contributed by atoms with E-state index in [0.717, 1.165) is 24.3 Å². The summed E-state index contributed by atoms with van der Waals surface area (Å²) in [5.41, 5.74) is -6.09. The number of aromatic carboxylic acids is 6. The molecule has 0 fully saturated rings. The molecule has 0 saturated carbocycles. The molecule has 0 aromatic heterocycles. The molecule has 162 valence electrons. The molecule has 0 aliphatic rings. The van der Waals surface area contributed by atoms with Crippen molar-refractivity contribution in [2.75, 3.05) is 0 Å². The lowest BCUT2D eigenvalue weighted by molar-refractivity contribution is 0.0621. The van der Waals surface area contributed by atoms with Crippen molar-refractivity contribution in [3.05, 3.63) is 57.6 Å². The van der Waals surface area contributed by atoms with E-state index in [1.807, 2.05) is 0 Å². The highest BCUT2D eigenvalue weighted by Crippen LogP contribution is 2.36. The molecule has 0 unspecified atom stereocenters. The molecule has 0 heterocycles. The molecule has 3 rings (SSSR count). The van der Waals surface area contributed by atoms with Gasteiger partial charge in [-0.3, -0.25) is 0 Å². The van der Waals surface area contributed by atoms with Crippen LogP contribution in [0.5, 0.6) is 0 Å². The third-order valence-electron chi connectivity index (χ3n) is 4.75. The van der Waals surface area contributed by atoms with Crippen molar-refractivity contribution >= 4 is 57.4 Å². The molecule has 0 aliphatic heterocycles. The first-order chi connectivity index (χ1) is 14.9. The maximum absolute atomic E-state index is 11.9. The summed E-state index contributed by atoms with van der Waals surface area (Å²) in [6.45, 7) is 0. The Hall–Kier alpha value is -5.00. The first-order valence-electron chi connectivity index (χ1n) is 8.38. The van der Waals surface area contributed by atoms with Gasteiger partial charge < -0.3 is 30.6 Å². The molecular formula is C20H10O12. The number of hydrogen-bond acceptors (Lipinski definition) is 6. The van der Waals surface area contributed by atoms with Crippen LogP contribution in [0.15, 0.2) is 24.3 Å². The normalized spacial score (nSPS) is 10.8. The second-order valence-electron chi connectivity index (χ2n) is 6.44. The number of benzene rings is 3. The zero-order valence-electron chi connectivity index (χ0n) is 15.4. The van der Waals surface area contributed by atoms with Crippen LogP contribution < -0.4 is 0 Å². The molecule has 12 nitrogen and oxygen atoms in total. The Bertz CT molecular complexity index is 1430. The van der Waals surface area contributed by atoms with Gasteiger partial charge in [0.25, 0.3) is 0 Å². The molecule has 3 aromatic carbocycles. The first kappa shape index (κ1) is 21.7. The highest BCUT2D eigenvalue weighted by atomic mass is 16.4. The lowest BCUT2D eigenvalue weighted by Gasteiger charge is -2.16. The molecule has 0 atom stereocenters. The largest absolute Gasteiger partial charge is 0.478 e. The number of carbonyl (C=O) groups is 6. The zero-order valence-corrected chi connectivity index (χ0v) is 15.4.